The van der Waals surface area contributed by atoms with Gasteiger partial charge in [0.25, 0.3) is 0 Å². The second-order valence-corrected chi connectivity index (χ2v) is 4.02. The summed E-state index contributed by atoms with van der Waals surface area (Å²) >= 11 is 0. The van der Waals surface area contributed by atoms with Crippen LogP contribution in [-0.2, 0) is 0 Å². The maximum Gasteiger partial charge on any atom is 0.202 e. The van der Waals surface area contributed by atoms with Crippen molar-refractivity contribution in [3.8, 4) is 23.0 Å². The summed E-state index contributed by atoms with van der Waals surface area (Å²) in [7, 11) is 1.37. The van der Waals surface area contributed by atoms with E-state index in [1.165, 1.54) is 19.2 Å². The lowest BCUT2D eigenvalue weighted by Gasteiger charge is -2.06. The third kappa shape index (κ3) is 2.98. The Morgan fingerprint density at radius 2 is 1.53 bits per heavy atom. The van der Waals surface area contributed by atoms with Gasteiger partial charge in [0, 0.05) is 0 Å². The van der Waals surface area contributed by atoms with Crippen LogP contribution in [0.15, 0.2) is 36.4 Å². The first-order chi connectivity index (χ1) is 9.10. The highest BCUT2D eigenvalue weighted by Gasteiger charge is 2.08. The van der Waals surface area contributed by atoms with Crippen LogP contribution in [0.25, 0.3) is 12.2 Å². The van der Waals surface area contributed by atoms with Crippen LogP contribution in [0.5, 0.6) is 23.0 Å². The highest BCUT2D eigenvalue weighted by atomic mass is 16.5. The predicted octanol–water partition coefficient (Wildman–Crippen LogP) is 2.98. The zero-order valence-corrected chi connectivity index (χ0v) is 10.4. The highest BCUT2D eigenvalue weighted by Crippen LogP contribution is 2.36. The molecule has 0 atom stereocenters. The molecule has 0 saturated heterocycles. The second-order valence-electron chi connectivity index (χ2n) is 4.02. The standard InChI is InChI=1S/C15H14O4/c1-19-15-13(17)8-11(9-14(15)18)6-5-10-3-2-4-12(16)7-10/h2-9,16-18H,1H3. The van der Waals surface area contributed by atoms with E-state index in [1.807, 2.05) is 6.07 Å². The number of benzene rings is 2. The van der Waals surface area contributed by atoms with E-state index in [0.717, 1.165) is 5.56 Å². The van der Waals surface area contributed by atoms with Gasteiger partial charge in [0.15, 0.2) is 11.5 Å². The fraction of sp³-hybridized carbons (Fsp3) is 0.0667. The third-order valence-corrected chi connectivity index (χ3v) is 2.61. The number of phenolic OH excluding ortho intramolecular Hbond substituents is 3. The van der Waals surface area contributed by atoms with Gasteiger partial charge in [0.2, 0.25) is 5.75 Å². The van der Waals surface area contributed by atoms with Crippen LogP contribution in [0.2, 0.25) is 0 Å². The van der Waals surface area contributed by atoms with Crippen LogP contribution in [0.1, 0.15) is 11.1 Å². The largest absolute Gasteiger partial charge is 0.508 e. The molecule has 3 N–H and O–H groups in total. The molecule has 4 heteroatoms. The highest BCUT2D eigenvalue weighted by molar-refractivity contribution is 5.72. The normalized spacial score (nSPS) is 10.8. The van der Waals surface area contributed by atoms with Crippen molar-refractivity contribution in [2.75, 3.05) is 7.11 Å². The van der Waals surface area contributed by atoms with Crippen LogP contribution < -0.4 is 4.74 Å². The molecular weight excluding hydrogens is 244 g/mol. The van der Waals surface area contributed by atoms with Crippen LogP contribution in [-0.4, -0.2) is 22.4 Å². The van der Waals surface area contributed by atoms with E-state index >= 15 is 0 Å². The number of rotatable bonds is 3. The van der Waals surface area contributed by atoms with Crippen LogP contribution in [0, 0.1) is 0 Å². The molecule has 98 valence electrons. The van der Waals surface area contributed by atoms with Gasteiger partial charge in [-0.1, -0.05) is 24.3 Å². The molecule has 0 aromatic heterocycles. The maximum absolute atomic E-state index is 9.65. The van der Waals surface area contributed by atoms with Gasteiger partial charge in [-0.3, -0.25) is 0 Å². The summed E-state index contributed by atoms with van der Waals surface area (Å²) in [5, 5.41) is 28.6. The molecule has 0 aliphatic carbocycles. The number of aromatic hydroxyl groups is 3. The van der Waals surface area contributed by atoms with E-state index in [-0.39, 0.29) is 23.0 Å². The summed E-state index contributed by atoms with van der Waals surface area (Å²) in [6.07, 6.45) is 3.48. The van der Waals surface area contributed by atoms with Gasteiger partial charge in [-0.25, -0.2) is 0 Å². The Morgan fingerprint density at radius 3 is 2.11 bits per heavy atom. The molecule has 2 aromatic rings. The molecular formula is C15H14O4. The van der Waals surface area contributed by atoms with Crippen molar-refractivity contribution in [3.63, 3.8) is 0 Å². The molecule has 0 fully saturated rings. The summed E-state index contributed by atoms with van der Waals surface area (Å²) in [5.41, 5.74) is 1.44. The Bertz CT molecular complexity index is 594. The molecule has 0 spiro atoms. The van der Waals surface area contributed by atoms with E-state index < -0.39 is 0 Å². The first kappa shape index (κ1) is 12.8. The fourth-order valence-corrected chi connectivity index (χ4v) is 1.75. The van der Waals surface area contributed by atoms with Crippen molar-refractivity contribution in [2.45, 2.75) is 0 Å². The first-order valence-electron chi connectivity index (χ1n) is 5.67. The number of ether oxygens (including phenoxy) is 1. The number of phenols is 3. The van der Waals surface area contributed by atoms with Crippen molar-refractivity contribution in [1.82, 2.24) is 0 Å². The van der Waals surface area contributed by atoms with E-state index in [9.17, 15) is 15.3 Å². The van der Waals surface area contributed by atoms with Crippen molar-refractivity contribution in [1.29, 1.82) is 0 Å². The van der Waals surface area contributed by atoms with E-state index in [2.05, 4.69) is 0 Å². The van der Waals surface area contributed by atoms with Crippen LogP contribution >= 0.6 is 0 Å². The van der Waals surface area contributed by atoms with Crippen molar-refractivity contribution in [2.24, 2.45) is 0 Å². The minimum absolute atomic E-state index is 0.0505. The number of hydrogen-bond donors (Lipinski definition) is 3. The lowest BCUT2D eigenvalue weighted by Crippen LogP contribution is -1.85. The molecule has 0 aliphatic heterocycles. The fourth-order valence-electron chi connectivity index (χ4n) is 1.75. The molecule has 4 nitrogen and oxygen atoms in total. The third-order valence-electron chi connectivity index (χ3n) is 2.61. The Kier molecular flexibility index (Phi) is 3.61. The second kappa shape index (κ2) is 5.35. The molecule has 0 radical (unpaired) electrons. The molecule has 2 aromatic carbocycles. The lowest BCUT2D eigenvalue weighted by molar-refractivity contribution is 0.344. The Hall–Kier alpha value is -2.62. The van der Waals surface area contributed by atoms with Crippen LogP contribution in [0.3, 0.4) is 0 Å². The van der Waals surface area contributed by atoms with E-state index in [0.29, 0.717) is 5.56 Å². The summed E-state index contributed by atoms with van der Waals surface area (Å²) < 4.78 is 4.85. The Labute approximate surface area is 110 Å². The number of methoxy groups -OCH3 is 1. The minimum atomic E-state index is -0.127. The first-order valence-corrected chi connectivity index (χ1v) is 5.67. The average Bonchev–Trinajstić information content (AvgIpc) is 2.36. The van der Waals surface area contributed by atoms with Gasteiger partial charge in [-0.05, 0) is 35.4 Å². The minimum Gasteiger partial charge on any atom is -0.508 e. The van der Waals surface area contributed by atoms with Crippen molar-refractivity contribution >= 4 is 12.2 Å². The molecule has 0 aliphatic rings. The molecule has 0 heterocycles. The van der Waals surface area contributed by atoms with Crippen molar-refractivity contribution < 1.29 is 20.1 Å². The SMILES string of the molecule is COc1c(O)cc(C=Cc2cccc(O)c2)cc1O. The summed E-state index contributed by atoms with van der Waals surface area (Å²) in [5.74, 6) is -0.0202. The zero-order valence-electron chi connectivity index (χ0n) is 10.4. The van der Waals surface area contributed by atoms with Gasteiger partial charge in [0.1, 0.15) is 5.75 Å². The maximum atomic E-state index is 9.65. The smallest absolute Gasteiger partial charge is 0.202 e. The van der Waals surface area contributed by atoms with Crippen LogP contribution in [0.4, 0.5) is 0 Å². The zero-order chi connectivity index (χ0) is 13.8. The number of hydrogen-bond acceptors (Lipinski definition) is 4. The Balaban J connectivity index is 2.29. The Morgan fingerprint density at radius 1 is 0.895 bits per heavy atom. The van der Waals surface area contributed by atoms with E-state index in [4.69, 9.17) is 4.74 Å². The van der Waals surface area contributed by atoms with Gasteiger partial charge >= 0.3 is 0 Å². The summed E-state index contributed by atoms with van der Waals surface area (Å²) in [6, 6.07) is 9.73. The molecule has 0 bridgehead atoms. The molecule has 0 unspecified atom stereocenters. The quantitative estimate of drug-likeness (QED) is 0.740. The van der Waals surface area contributed by atoms with E-state index in [1.54, 1.807) is 30.4 Å². The van der Waals surface area contributed by atoms with Gasteiger partial charge in [0.05, 0.1) is 7.11 Å². The summed E-state index contributed by atoms with van der Waals surface area (Å²) in [4.78, 5) is 0. The molecule has 19 heavy (non-hydrogen) atoms. The van der Waals surface area contributed by atoms with Gasteiger partial charge < -0.3 is 20.1 Å². The van der Waals surface area contributed by atoms with Crippen molar-refractivity contribution in [3.05, 3.63) is 47.5 Å². The lowest BCUT2D eigenvalue weighted by atomic mass is 10.1. The average molecular weight is 258 g/mol. The monoisotopic (exact) mass is 258 g/mol. The summed E-state index contributed by atoms with van der Waals surface area (Å²) in [6.45, 7) is 0. The topological polar surface area (TPSA) is 69.9 Å². The molecule has 0 amide bonds. The van der Waals surface area contributed by atoms with Gasteiger partial charge in [-0.15, -0.1) is 0 Å². The molecule has 0 saturated carbocycles. The predicted molar refractivity (Wildman–Crippen MR) is 73.4 cm³/mol. The van der Waals surface area contributed by atoms with Gasteiger partial charge in [-0.2, -0.15) is 0 Å². The molecule has 2 rings (SSSR count).